The van der Waals surface area contributed by atoms with E-state index in [-0.39, 0.29) is 5.91 Å². The second kappa shape index (κ2) is 3.57. The predicted molar refractivity (Wildman–Crippen MR) is 59.6 cm³/mol. The summed E-state index contributed by atoms with van der Waals surface area (Å²) in [6.07, 6.45) is 0. The molecular weight excluding hydrogens is 206 g/mol. The number of pyridine rings is 1. The normalized spacial score (nSPS) is 10.8. The molecule has 2 heterocycles. The molecule has 0 unspecified atom stereocenters. The Hall–Kier alpha value is -1.95. The first-order valence-corrected chi connectivity index (χ1v) is 4.86. The fourth-order valence-corrected chi connectivity index (χ4v) is 1.63. The van der Waals surface area contributed by atoms with E-state index in [0.29, 0.717) is 16.7 Å². The van der Waals surface area contributed by atoms with Gasteiger partial charge in [0.05, 0.1) is 5.56 Å². The molecule has 0 atom stereocenters. The summed E-state index contributed by atoms with van der Waals surface area (Å²) in [6.45, 7) is 3.69. The number of hydrogen-bond acceptors (Lipinski definition) is 4. The predicted octanol–water partition coefficient (Wildman–Crippen LogP) is 0.189. The number of imidazole rings is 1. The van der Waals surface area contributed by atoms with Crippen LogP contribution in [0.15, 0.2) is 6.07 Å². The van der Waals surface area contributed by atoms with Gasteiger partial charge in [0.15, 0.2) is 5.65 Å². The molecular formula is C10H13N5O. The molecule has 16 heavy (non-hydrogen) atoms. The number of hydrazine groups is 1. The van der Waals surface area contributed by atoms with E-state index in [1.54, 1.807) is 6.07 Å². The SMILES string of the molecule is Cc1cc(C(=O)NN)c2nc(C)n(C)c2n1. The maximum Gasteiger partial charge on any atom is 0.267 e. The molecule has 3 N–H and O–H groups in total. The van der Waals surface area contributed by atoms with Gasteiger partial charge < -0.3 is 4.57 Å². The van der Waals surface area contributed by atoms with Crippen LogP contribution in [0.25, 0.3) is 11.2 Å². The van der Waals surface area contributed by atoms with Gasteiger partial charge in [-0.1, -0.05) is 0 Å². The molecule has 6 heteroatoms. The summed E-state index contributed by atoms with van der Waals surface area (Å²) in [5.74, 6) is 5.59. The van der Waals surface area contributed by atoms with Gasteiger partial charge in [-0.3, -0.25) is 10.2 Å². The first-order chi connectivity index (χ1) is 7.54. The van der Waals surface area contributed by atoms with Crippen molar-refractivity contribution in [2.24, 2.45) is 12.9 Å². The van der Waals surface area contributed by atoms with Crippen LogP contribution in [0.1, 0.15) is 21.9 Å². The van der Waals surface area contributed by atoms with E-state index in [1.165, 1.54) is 0 Å². The number of carbonyl (C=O) groups excluding carboxylic acids is 1. The monoisotopic (exact) mass is 219 g/mol. The number of amides is 1. The Morgan fingerprint density at radius 1 is 1.44 bits per heavy atom. The maximum atomic E-state index is 11.6. The second-order valence-electron chi connectivity index (χ2n) is 3.67. The molecule has 2 aromatic rings. The highest BCUT2D eigenvalue weighted by Gasteiger charge is 2.15. The Morgan fingerprint density at radius 3 is 2.75 bits per heavy atom. The number of nitrogens with zero attached hydrogens (tertiary/aromatic N) is 3. The van der Waals surface area contributed by atoms with Gasteiger partial charge in [-0.25, -0.2) is 15.8 Å². The van der Waals surface area contributed by atoms with Crippen LogP contribution in [0.4, 0.5) is 0 Å². The van der Waals surface area contributed by atoms with Gasteiger partial charge in [-0.05, 0) is 19.9 Å². The minimum absolute atomic E-state index is 0.353. The molecule has 2 aromatic heterocycles. The van der Waals surface area contributed by atoms with E-state index in [1.807, 2.05) is 25.5 Å². The average Bonchev–Trinajstić information content (AvgIpc) is 2.54. The van der Waals surface area contributed by atoms with Gasteiger partial charge in [0.2, 0.25) is 0 Å². The summed E-state index contributed by atoms with van der Waals surface area (Å²) in [6, 6.07) is 1.68. The number of fused-ring (bicyclic) bond motifs is 1. The minimum Gasteiger partial charge on any atom is -0.316 e. The second-order valence-corrected chi connectivity index (χ2v) is 3.67. The highest BCUT2D eigenvalue weighted by Crippen LogP contribution is 2.18. The van der Waals surface area contributed by atoms with Gasteiger partial charge in [0.1, 0.15) is 11.3 Å². The molecule has 6 nitrogen and oxygen atoms in total. The maximum absolute atomic E-state index is 11.6. The number of carbonyl (C=O) groups is 1. The van der Waals surface area contributed by atoms with Crippen molar-refractivity contribution in [1.29, 1.82) is 0 Å². The third kappa shape index (κ3) is 1.43. The molecule has 0 aliphatic carbocycles. The third-order valence-electron chi connectivity index (χ3n) is 2.55. The van der Waals surface area contributed by atoms with E-state index < -0.39 is 0 Å². The molecule has 0 aromatic carbocycles. The van der Waals surface area contributed by atoms with Crippen molar-refractivity contribution >= 4 is 17.1 Å². The number of nitrogens with one attached hydrogen (secondary N) is 1. The van der Waals surface area contributed by atoms with Gasteiger partial charge in [-0.2, -0.15) is 0 Å². The fraction of sp³-hybridized carbons (Fsp3) is 0.300. The van der Waals surface area contributed by atoms with Crippen molar-refractivity contribution in [1.82, 2.24) is 20.0 Å². The Balaban J connectivity index is 2.83. The Morgan fingerprint density at radius 2 is 2.12 bits per heavy atom. The molecule has 0 aliphatic rings. The Labute approximate surface area is 92.5 Å². The van der Waals surface area contributed by atoms with Crippen LogP contribution < -0.4 is 11.3 Å². The van der Waals surface area contributed by atoms with E-state index in [0.717, 1.165) is 11.5 Å². The van der Waals surface area contributed by atoms with Gasteiger partial charge >= 0.3 is 0 Å². The van der Waals surface area contributed by atoms with Crippen molar-refractivity contribution in [3.8, 4) is 0 Å². The highest BCUT2D eigenvalue weighted by molar-refractivity contribution is 6.04. The molecule has 0 bridgehead atoms. The van der Waals surface area contributed by atoms with Crippen molar-refractivity contribution in [2.45, 2.75) is 13.8 Å². The Kier molecular flexibility index (Phi) is 2.35. The lowest BCUT2D eigenvalue weighted by Crippen LogP contribution is -2.30. The first-order valence-electron chi connectivity index (χ1n) is 4.86. The third-order valence-corrected chi connectivity index (χ3v) is 2.55. The minimum atomic E-state index is -0.353. The number of hydrogen-bond donors (Lipinski definition) is 2. The van der Waals surface area contributed by atoms with Crippen LogP contribution in [-0.2, 0) is 7.05 Å². The lowest BCUT2D eigenvalue weighted by Gasteiger charge is -2.02. The number of nitrogen functional groups attached to an aromatic ring is 1. The van der Waals surface area contributed by atoms with Crippen molar-refractivity contribution in [3.05, 3.63) is 23.1 Å². The smallest absolute Gasteiger partial charge is 0.267 e. The molecule has 0 fully saturated rings. The zero-order valence-corrected chi connectivity index (χ0v) is 9.40. The van der Waals surface area contributed by atoms with E-state index in [2.05, 4.69) is 15.4 Å². The average molecular weight is 219 g/mol. The van der Waals surface area contributed by atoms with Gasteiger partial charge in [0, 0.05) is 12.7 Å². The van der Waals surface area contributed by atoms with Crippen molar-refractivity contribution < 1.29 is 4.79 Å². The van der Waals surface area contributed by atoms with Crippen LogP contribution in [0.2, 0.25) is 0 Å². The van der Waals surface area contributed by atoms with Gasteiger partial charge in [0.25, 0.3) is 5.91 Å². The molecule has 84 valence electrons. The molecule has 1 amide bonds. The first kappa shape index (κ1) is 10.6. The number of rotatable bonds is 1. The van der Waals surface area contributed by atoms with E-state index in [4.69, 9.17) is 5.84 Å². The highest BCUT2D eigenvalue weighted by atomic mass is 16.2. The summed E-state index contributed by atoms with van der Waals surface area (Å²) < 4.78 is 1.84. The molecule has 0 radical (unpaired) electrons. The quantitative estimate of drug-likeness (QED) is 0.407. The molecule has 0 saturated carbocycles. The molecule has 0 aliphatic heterocycles. The molecule has 0 spiro atoms. The summed E-state index contributed by atoms with van der Waals surface area (Å²) in [7, 11) is 1.86. The summed E-state index contributed by atoms with van der Waals surface area (Å²) in [5.41, 5.74) is 4.59. The fourth-order valence-electron chi connectivity index (χ4n) is 1.63. The van der Waals surface area contributed by atoms with Crippen molar-refractivity contribution in [3.63, 3.8) is 0 Å². The summed E-state index contributed by atoms with van der Waals surface area (Å²) >= 11 is 0. The molecule has 0 saturated heterocycles. The van der Waals surface area contributed by atoms with Crippen LogP contribution in [0.5, 0.6) is 0 Å². The van der Waals surface area contributed by atoms with E-state index >= 15 is 0 Å². The zero-order chi connectivity index (χ0) is 11.9. The van der Waals surface area contributed by atoms with Crippen LogP contribution in [0, 0.1) is 13.8 Å². The lowest BCUT2D eigenvalue weighted by atomic mass is 10.2. The topological polar surface area (TPSA) is 85.8 Å². The number of nitrogens with two attached hydrogens (primary N) is 1. The van der Waals surface area contributed by atoms with Crippen molar-refractivity contribution in [2.75, 3.05) is 0 Å². The van der Waals surface area contributed by atoms with E-state index in [9.17, 15) is 4.79 Å². The van der Waals surface area contributed by atoms with Crippen LogP contribution in [0.3, 0.4) is 0 Å². The zero-order valence-electron chi connectivity index (χ0n) is 9.40. The molecule has 2 rings (SSSR count). The Bertz CT molecular complexity index is 572. The number of aromatic nitrogens is 3. The standard InChI is InChI=1S/C10H13N5O/c1-5-4-7(10(16)14-11)8-9(12-5)15(3)6(2)13-8/h4H,11H2,1-3H3,(H,14,16). The van der Waals surface area contributed by atoms with Gasteiger partial charge in [-0.15, -0.1) is 0 Å². The summed E-state index contributed by atoms with van der Waals surface area (Å²) in [4.78, 5) is 20.2. The number of aryl methyl sites for hydroxylation is 3. The lowest BCUT2D eigenvalue weighted by molar-refractivity contribution is 0.0955. The van der Waals surface area contributed by atoms with Crippen LogP contribution in [-0.4, -0.2) is 20.4 Å². The largest absolute Gasteiger partial charge is 0.316 e. The van der Waals surface area contributed by atoms with Crippen LogP contribution >= 0.6 is 0 Å². The summed E-state index contributed by atoms with van der Waals surface area (Å²) in [5, 5.41) is 0.